The molecule has 114 valence electrons. The summed E-state index contributed by atoms with van der Waals surface area (Å²) in [5, 5.41) is 3.32. The average Bonchev–Trinajstić information content (AvgIpc) is 2.86. The van der Waals surface area contributed by atoms with Crippen LogP contribution in [0.5, 0.6) is 0 Å². The number of nitrogens with one attached hydrogen (secondary N) is 1. The van der Waals surface area contributed by atoms with E-state index in [1.165, 1.54) is 29.7 Å². The third-order valence-corrected chi connectivity index (χ3v) is 6.28. The molecule has 1 heterocycles. The van der Waals surface area contributed by atoms with Gasteiger partial charge in [0, 0.05) is 24.7 Å². The fourth-order valence-electron chi connectivity index (χ4n) is 1.82. The van der Waals surface area contributed by atoms with Crippen LogP contribution in [0.1, 0.15) is 17.8 Å². The summed E-state index contributed by atoms with van der Waals surface area (Å²) in [4.78, 5) is 1.41. The van der Waals surface area contributed by atoms with Gasteiger partial charge in [-0.3, -0.25) is 0 Å². The molecule has 7 heteroatoms. The van der Waals surface area contributed by atoms with Crippen molar-refractivity contribution >= 4 is 38.6 Å². The molecule has 0 spiro atoms. The van der Waals surface area contributed by atoms with Gasteiger partial charge in [-0.15, -0.1) is 11.3 Å². The van der Waals surface area contributed by atoms with E-state index in [2.05, 4.69) is 5.32 Å². The van der Waals surface area contributed by atoms with Crippen molar-refractivity contribution in [1.82, 2.24) is 4.31 Å². The second-order valence-electron chi connectivity index (χ2n) is 4.82. The Morgan fingerprint density at radius 1 is 1.14 bits per heavy atom. The number of hydrogen-bond donors (Lipinski definition) is 1. The van der Waals surface area contributed by atoms with Crippen molar-refractivity contribution in [2.75, 3.05) is 19.4 Å². The summed E-state index contributed by atoms with van der Waals surface area (Å²) >= 11 is 7.45. The fraction of sp³-hybridized carbons (Fsp3) is 0.286. The van der Waals surface area contributed by atoms with E-state index in [1.54, 1.807) is 24.3 Å². The number of rotatable bonds is 5. The van der Waals surface area contributed by atoms with Crippen LogP contribution >= 0.6 is 22.9 Å². The van der Waals surface area contributed by atoms with Gasteiger partial charge in [-0.2, -0.15) is 0 Å². The Balaban J connectivity index is 2.13. The van der Waals surface area contributed by atoms with Crippen LogP contribution in [0.15, 0.2) is 41.3 Å². The van der Waals surface area contributed by atoms with Gasteiger partial charge in [-0.05, 0) is 43.3 Å². The maximum atomic E-state index is 12.0. The lowest BCUT2D eigenvalue weighted by Gasteiger charge is -2.15. The Hall–Kier alpha value is -1.08. The maximum Gasteiger partial charge on any atom is 0.242 e. The first-order valence-corrected chi connectivity index (χ1v) is 8.98. The second-order valence-corrected chi connectivity index (χ2v) is 8.72. The van der Waals surface area contributed by atoms with Crippen LogP contribution in [0.2, 0.25) is 4.34 Å². The van der Waals surface area contributed by atoms with Crippen LogP contribution in [0.3, 0.4) is 0 Å². The Morgan fingerprint density at radius 3 is 2.24 bits per heavy atom. The van der Waals surface area contributed by atoms with Gasteiger partial charge in [0.2, 0.25) is 10.0 Å². The molecule has 0 amide bonds. The summed E-state index contributed by atoms with van der Waals surface area (Å²) in [6.45, 7) is 2.03. The smallest absolute Gasteiger partial charge is 0.242 e. The molecule has 2 rings (SSSR count). The number of benzene rings is 1. The van der Waals surface area contributed by atoms with Crippen molar-refractivity contribution in [3.8, 4) is 0 Å². The van der Waals surface area contributed by atoms with Gasteiger partial charge in [0.25, 0.3) is 0 Å². The van der Waals surface area contributed by atoms with E-state index in [-0.39, 0.29) is 10.9 Å². The van der Waals surface area contributed by atoms with Crippen molar-refractivity contribution in [2.24, 2.45) is 0 Å². The minimum Gasteiger partial charge on any atom is -0.378 e. The normalized spacial score (nSPS) is 13.4. The second kappa shape index (κ2) is 6.36. The molecule has 0 aliphatic carbocycles. The number of halogens is 1. The van der Waals surface area contributed by atoms with E-state index in [0.29, 0.717) is 0 Å². The summed E-state index contributed by atoms with van der Waals surface area (Å²) in [6.07, 6.45) is 0. The van der Waals surface area contributed by atoms with Gasteiger partial charge >= 0.3 is 0 Å². The summed E-state index contributed by atoms with van der Waals surface area (Å²) < 4.78 is 25.9. The number of sulfonamides is 1. The minimum absolute atomic E-state index is 0.110. The zero-order valence-electron chi connectivity index (χ0n) is 12.0. The van der Waals surface area contributed by atoms with E-state index in [4.69, 9.17) is 11.6 Å². The Bertz CT molecular complexity index is 709. The molecule has 21 heavy (non-hydrogen) atoms. The monoisotopic (exact) mass is 344 g/mol. The molecule has 1 aromatic heterocycles. The van der Waals surface area contributed by atoms with Crippen LogP contribution in [0.25, 0.3) is 0 Å². The maximum absolute atomic E-state index is 12.0. The van der Waals surface area contributed by atoms with Crippen LogP contribution in [0, 0.1) is 0 Å². The van der Waals surface area contributed by atoms with Gasteiger partial charge in [-0.1, -0.05) is 11.6 Å². The SMILES string of the molecule is CC(Nc1ccc(S(=O)(=O)N(C)C)cc1)c1ccc(Cl)s1. The minimum atomic E-state index is -3.38. The van der Waals surface area contributed by atoms with Crippen LogP contribution in [-0.4, -0.2) is 26.8 Å². The first kappa shape index (κ1) is 16.3. The van der Waals surface area contributed by atoms with Crippen LogP contribution < -0.4 is 5.32 Å². The van der Waals surface area contributed by atoms with Gasteiger partial charge < -0.3 is 5.32 Å². The summed E-state index contributed by atoms with van der Waals surface area (Å²) in [5.74, 6) is 0. The summed E-state index contributed by atoms with van der Waals surface area (Å²) in [5.41, 5.74) is 0.865. The standard InChI is InChI=1S/C14H17ClN2O2S2/c1-10(13-8-9-14(15)20-13)16-11-4-6-12(7-5-11)21(18,19)17(2)3/h4-10,16H,1-3H3. The van der Waals surface area contributed by atoms with Crippen molar-refractivity contribution in [2.45, 2.75) is 17.9 Å². The molecule has 0 saturated carbocycles. The van der Waals surface area contributed by atoms with E-state index >= 15 is 0 Å². The largest absolute Gasteiger partial charge is 0.378 e. The molecule has 0 fully saturated rings. The molecule has 1 aromatic carbocycles. The first-order valence-electron chi connectivity index (χ1n) is 6.35. The number of thiophene rings is 1. The molecule has 0 aliphatic rings. The highest BCUT2D eigenvalue weighted by Crippen LogP contribution is 2.29. The molecule has 2 aromatic rings. The van der Waals surface area contributed by atoms with E-state index in [0.717, 1.165) is 14.9 Å². The highest BCUT2D eigenvalue weighted by Gasteiger charge is 2.16. The first-order chi connectivity index (χ1) is 9.80. The predicted molar refractivity (Wildman–Crippen MR) is 88.7 cm³/mol. The summed E-state index contributed by atoms with van der Waals surface area (Å²) in [6, 6.07) is 10.7. The molecule has 4 nitrogen and oxygen atoms in total. The molecular weight excluding hydrogens is 328 g/mol. The Morgan fingerprint density at radius 2 is 1.76 bits per heavy atom. The lowest BCUT2D eigenvalue weighted by atomic mass is 10.2. The molecule has 0 aliphatic heterocycles. The third kappa shape index (κ3) is 3.77. The van der Waals surface area contributed by atoms with Crippen molar-refractivity contribution in [3.63, 3.8) is 0 Å². The highest BCUT2D eigenvalue weighted by molar-refractivity contribution is 7.89. The summed E-state index contributed by atoms with van der Waals surface area (Å²) in [7, 11) is -0.345. The lowest BCUT2D eigenvalue weighted by Crippen LogP contribution is -2.22. The number of nitrogens with zero attached hydrogens (tertiary/aromatic N) is 1. The molecule has 0 radical (unpaired) electrons. The van der Waals surface area contributed by atoms with E-state index in [9.17, 15) is 8.42 Å². The fourth-order valence-corrected chi connectivity index (χ4v) is 3.78. The topological polar surface area (TPSA) is 49.4 Å². The molecule has 1 atom stereocenters. The molecule has 1 unspecified atom stereocenters. The molecular formula is C14H17ClN2O2S2. The van der Waals surface area contributed by atoms with Crippen LogP contribution in [0.4, 0.5) is 5.69 Å². The van der Waals surface area contributed by atoms with Crippen molar-refractivity contribution in [3.05, 3.63) is 45.6 Å². The predicted octanol–water partition coefficient (Wildman–Crippen LogP) is 3.82. The molecule has 0 bridgehead atoms. The van der Waals surface area contributed by atoms with Crippen LogP contribution in [-0.2, 0) is 10.0 Å². The van der Waals surface area contributed by atoms with E-state index in [1.807, 2.05) is 19.1 Å². The molecule has 0 saturated heterocycles. The number of anilines is 1. The van der Waals surface area contributed by atoms with Crippen molar-refractivity contribution in [1.29, 1.82) is 0 Å². The number of hydrogen-bond acceptors (Lipinski definition) is 4. The van der Waals surface area contributed by atoms with Crippen molar-refractivity contribution < 1.29 is 8.42 Å². The molecule has 1 N–H and O–H groups in total. The Labute approximate surface area is 134 Å². The zero-order chi connectivity index (χ0) is 15.6. The average molecular weight is 345 g/mol. The quantitative estimate of drug-likeness (QED) is 0.896. The van der Waals surface area contributed by atoms with Gasteiger partial charge in [0.15, 0.2) is 0 Å². The Kier molecular flexibility index (Phi) is 4.93. The van der Waals surface area contributed by atoms with Gasteiger partial charge in [0.05, 0.1) is 15.3 Å². The van der Waals surface area contributed by atoms with Gasteiger partial charge in [-0.25, -0.2) is 12.7 Å². The highest BCUT2D eigenvalue weighted by atomic mass is 35.5. The van der Waals surface area contributed by atoms with E-state index < -0.39 is 10.0 Å². The van der Waals surface area contributed by atoms with Gasteiger partial charge in [0.1, 0.15) is 0 Å². The third-order valence-electron chi connectivity index (χ3n) is 3.04. The zero-order valence-corrected chi connectivity index (χ0v) is 14.4. The lowest BCUT2D eigenvalue weighted by molar-refractivity contribution is 0.521.